The van der Waals surface area contributed by atoms with E-state index in [9.17, 15) is 4.39 Å². The number of nitrogens with zero attached hydrogens (tertiary/aromatic N) is 2. The summed E-state index contributed by atoms with van der Waals surface area (Å²) in [5, 5.41) is 0.744. The number of imidazole rings is 1. The van der Waals surface area contributed by atoms with Gasteiger partial charge in [-0.3, -0.25) is 0 Å². The highest BCUT2D eigenvalue weighted by molar-refractivity contribution is 9.10. The zero-order valence-corrected chi connectivity index (χ0v) is 13.1. The van der Waals surface area contributed by atoms with Crippen LogP contribution in [0.5, 0.6) is 0 Å². The third-order valence-electron chi connectivity index (χ3n) is 2.90. The van der Waals surface area contributed by atoms with Gasteiger partial charge in [0, 0.05) is 10.2 Å². The van der Waals surface area contributed by atoms with Crippen LogP contribution >= 0.6 is 27.7 Å². The monoisotopic (exact) mass is 351 g/mol. The van der Waals surface area contributed by atoms with Gasteiger partial charge in [0.25, 0.3) is 0 Å². The van der Waals surface area contributed by atoms with Gasteiger partial charge in [0.2, 0.25) is 0 Å². The zero-order valence-electron chi connectivity index (χ0n) is 10.7. The van der Waals surface area contributed by atoms with Crippen LogP contribution in [-0.4, -0.2) is 15.0 Å². The molecule has 2 heterocycles. The van der Waals surface area contributed by atoms with Crippen molar-refractivity contribution in [3.8, 4) is 0 Å². The lowest BCUT2D eigenvalue weighted by atomic mass is 10.2. The molecule has 0 aliphatic rings. The summed E-state index contributed by atoms with van der Waals surface area (Å²) in [7, 11) is 0. The van der Waals surface area contributed by atoms with Crippen LogP contribution in [-0.2, 0) is 5.75 Å². The number of fused-ring (bicyclic) bond motifs is 1. The van der Waals surface area contributed by atoms with Crippen molar-refractivity contribution >= 4 is 38.9 Å². The van der Waals surface area contributed by atoms with Crippen molar-refractivity contribution in [2.75, 3.05) is 0 Å². The fourth-order valence-electron chi connectivity index (χ4n) is 1.81. The molecule has 6 heteroatoms. The van der Waals surface area contributed by atoms with Gasteiger partial charge in [-0.25, -0.2) is 14.4 Å². The lowest BCUT2D eigenvalue weighted by Crippen LogP contribution is -1.86. The van der Waals surface area contributed by atoms with E-state index >= 15 is 0 Å². The number of aromatic amines is 1. The van der Waals surface area contributed by atoms with E-state index in [1.165, 1.54) is 17.8 Å². The zero-order chi connectivity index (χ0) is 14.1. The molecule has 3 nitrogen and oxygen atoms in total. The molecule has 0 aliphatic carbocycles. The van der Waals surface area contributed by atoms with E-state index in [1.807, 2.05) is 19.1 Å². The lowest BCUT2D eigenvalue weighted by molar-refractivity contribution is 0.617. The average molecular weight is 352 g/mol. The molecule has 0 saturated heterocycles. The first kappa shape index (κ1) is 13.6. The maximum absolute atomic E-state index is 13.5. The number of aryl methyl sites for hydroxylation is 1. The molecule has 3 aromatic rings. The van der Waals surface area contributed by atoms with Gasteiger partial charge in [0.05, 0.1) is 11.2 Å². The smallest absolute Gasteiger partial charge is 0.178 e. The van der Waals surface area contributed by atoms with Gasteiger partial charge < -0.3 is 4.98 Å². The van der Waals surface area contributed by atoms with Gasteiger partial charge in [0.1, 0.15) is 5.82 Å². The van der Waals surface area contributed by atoms with Gasteiger partial charge >= 0.3 is 0 Å². The number of rotatable bonds is 3. The summed E-state index contributed by atoms with van der Waals surface area (Å²) >= 11 is 4.91. The largest absolute Gasteiger partial charge is 0.331 e. The summed E-state index contributed by atoms with van der Waals surface area (Å²) in [5.74, 6) is 0.347. The Kier molecular flexibility index (Phi) is 3.76. The first-order chi connectivity index (χ1) is 9.63. The fraction of sp³-hybridized carbons (Fsp3) is 0.143. The number of hydrogen-bond acceptors (Lipinski definition) is 3. The maximum atomic E-state index is 13.5. The first-order valence-electron chi connectivity index (χ1n) is 6.02. The minimum Gasteiger partial charge on any atom is -0.331 e. The molecule has 2 aromatic heterocycles. The molecular formula is C14H11BrFN3S. The Balaban J connectivity index is 1.83. The van der Waals surface area contributed by atoms with Gasteiger partial charge in [-0.15, -0.1) is 0 Å². The van der Waals surface area contributed by atoms with E-state index in [1.54, 1.807) is 12.1 Å². The van der Waals surface area contributed by atoms with Crippen molar-refractivity contribution in [2.24, 2.45) is 0 Å². The number of benzene rings is 1. The predicted octanol–water partition coefficient (Wildman–Crippen LogP) is 4.46. The Labute approximate surface area is 128 Å². The van der Waals surface area contributed by atoms with Crippen molar-refractivity contribution < 1.29 is 4.39 Å². The third kappa shape index (κ3) is 2.71. The van der Waals surface area contributed by atoms with Gasteiger partial charge in [-0.05, 0) is 40.5 Å². The maximum Gasteiger partial charge on any atom is 0.178 e. The van der Waals surface area contributed by atoms with Crippen molar-refractivity contribution in [1.29, 1.82) is 0 Å². The normalized spacial score (nSPS) is 11.2. The summed E-state index contributed by atoms with van der Waals surface area (Å²) in [6.45, 7) is 1.92. The molecular weight excluding hydrogens is 341 g/mol. The number of halogens is 2. The highest BCUT2D eigenvalue weighted by atomic mass is 79.9. The Morgan fingerprint density at radius 2 is 2.10 bits per heavy atom. The minimum atomic E-state index is -0.187. The van der Waals surface area contributed by atoms with Crippen LogP contribution in [0.1, 0.15) is 11.3 Å². The highest BCUT2D eigenvalue weighted by Gasteiger charge is 2.08. The summed E-state index contributed by atoms with van der Waals surface area (Å²) in [6.07, 6.45) is 0. The standard InChI is InChI=1S/C14H11BrFN3S/c1-8-10(15)6-12-13(17-8)19-14(18-12)20-7-9-4-2-3-5-11(9)16/h2-6H,7H2,1H3,(H,17,18,19). The number of nitrogens with one attached hydrogen (secondary N) is 1. The van der Waals surface area contributed by atoms with E-state index < -0.39 is 0 Å². The molecule has 102 valence electrons. The van der Waals surface area contributed by atoms with E-state index in [0.717, 1.165) is 20.8 Å². The molecule has 1 N–H and O–H groups in total. The van der Waals surface area contributed by atoms with Crippen LogP contribution in [0.2, 0.25) is 0 Å². The molecule has 0 spiro atoms. The number of pyridine rings is 1. The Bertz CT molecular complexity index is 733. The summed E-state index contributed by atoms with van der Waals surface area (Å²) < 4.78 is 14.5. The number of thioether (sulfide) groups is 1. The molecule has 0 fully saturated rings. The topological polar surface area (TPSA) is 41.6 Å². The second-order valence-electron chi connectivity index (χ2n) is 4.35. The molecule has 3 rings (SSSR count). The molecule has 0 aliphatic heterocycles. The quantitative estimate of drug-likeness (QED) is 0.708. The SMILES string of the molecule is Cc1nc2nc(SCc3ccccc3F)[nH]c2cc1Br. The molecule has 20 heavy (non-hydrogen) atoms. The molecule has 0 saturated carbocycles. The predicted molar refractivity (Wildman–Crippen MR) is 82.3 cm³/mol. The molecule has 0 amide bonds. The lowest BCUT2D eigenvalue weighted by Gasteiger charge is -2.00. The van der Waals surface area contributed by atoms with Crippen LogP contribution in [0.15, 0.2) is 40.0 Å². The Morgan fingerprint density at radius 1 is 1.30 bits per heavy atom. The Morgan fingerprint density at radius 3 is 2.90 bits per heavy atom. The molecule has 0 radical (unpaired) electrons. The summed E-state index contributed by atoms with van der Waals surface area (Å²) in [4.78, 5) is 12.0. The minimum absolute atomic E-state index is 0.187. The van der Waals surface area contributed by atoms with E-state index in [0.29, 0.717) is 17.0 Å². The molecule has 0 unspecified atom stereocenters. The van der Waals surface area contributed by atoms with Crippen LogP contribution in [0.3, 0.4) is 0 Å². The van der Waals surface area contributed by atoms with Gasteiger partial charge in [-0.2, -0.15) is 0 Å². The second kappa shape index (κ2) is 5.54. The van der Waals surface area contributed by atoms with E-state index in [4.69, 9.17) is 0 Å². The van der Waals surface area contributed by atoms with Crippen LogP contribution < -0.4 is 0 Å². The van der Waals surface area contributed by atoms with Crippen LogP contribution in [0.25, 0.3) is 11.2 Å². The number of H-pyrrole nitrogens is 1. The Hall–Kier alpha value is -1.40. The third-order valence-corrected chi connectivity index (χ3v) is 4.63. The molecule has 0 atom stereocenters. The second-order valence-corrected chi connectivity index (χ2v) is 6.17. The average Bonchev–Trinajstić information content (AvgIpc) is 2.80. The highest BCUT2D eigenvalue weighted by Crippen LogP contribution is 2.25. The number of hydrogen-bond donors (Lipinski definition) is 1. The first-order valence-corrected chi connectivity index (χ1v) is 7.80. The summed E-state index contributed by atoms with van der Waals surface area (Å²) in [5.41, 5.74) is 3.12. The van der Waals surface area contributed by atoms with Crippen LogP contribution in [0.4, 0.5) is 4.39 Å². The van der Waals surface area contributed by atoms with Crippen molar-refractivity contribution in [1.82, 2.24) is 15.0 Å². The van der Waals surface area contributed by atoms with Crippen molar-refractivity contribution in [3.05, 3.63) is 51.9 Å². The van der Waals surface area contributed by atoms with E-state index in [-0.39, 0.29) is 5.82 Å². The molecule has 1 aromatic carbocycles. The summed E-state index contributed by atoms with van der Waals surface area (Å²) in [6, 6.07) is 8.73. The number of aromatic nitrogens is 3. The fourth-order valence-corrected chi connectivity index (χ4v) is 2.99. The molecule has 0 bridgehead atoms. The van der Waals surface area contributed by atoms with Crippen LogP contribution in [0, 0.1) is 12.7 Å². The van der Waals surface area contributed by atoms with Gasteiger partial charge in [0.15, 0.2) is 10.8 Å². The van der Waals surface area contributed by atoms with E-state index in [2.05, 4.69) is 30.9 Å². The van der Waals surface area contributed by atoms with Gasteiger partial charge in [-0.1, -0.05) is 30.0 Å². The van der Waals surface area contributed by atoms with Crippen molar-refractivity contribution in [2.45, 2.75) is 17.8 Å². The van der Waals surface area contributed by atoms with Crippen molar-refractivity contribution in [3.63, 3.8) is 0 Å².